The number of hydrogen-bond acceptors (Lipinski definition) is 5. The molecule has 2 N–H and O–H groups in total. The fourth-order valence-corrected chi connectivity index (χ4v) is 3.28. The van der Waals surface area contributed by atoms with Crippen LogP contribution < -0.4 is 14.2 Å². The van der Waals surface area contributed by atoms with Crippen LogP contribution in [0, 0.1) is 0 Å². The van der Waals surface area contributed by atoms with Gasteiger partial charge in [-0.05, 0) is 22.0 Å². The first-order chi connectivity index (χ1) is 9.31. The molecule has 0 aliphatic rings. The topological polar surface area (TPSA) is 102 Å². The lowest BCUT2D eigenvalue weighted by atomic mass is 10.3. The van der Waals surface area contributed by atoms with E-state index < -0.39 is 16.0 Å². The van der Waals surface area contributed by atoms with E-state index in [2.05, 4.69) is 20.7 Å². The maximum atomic E-state index is 12.1. The Morgan fingerprint density at radius 2 is 1.90 bits per heavy atom. The van der Waals surface area contributed by atoms with Crippen molar-refractivity contribution < 1.29 is 27.8 Å². The first-order valence-corrected chi connectivity index (χ1v) is 7.72. The molecule has 7 nitrogen and oxygen atoms in total. The third-order valence-electron chi connectivity index (χ3n) is 2.36. The van der Waals surface area contributed by atoms with Crippen molar-refractivity contribution in [3.63, 3.8) is 0 Å². The molecule has 0 saturated carbocycles. The molecule has 0 heterocycles. The Morgan fingerprint density at radius 1 is 1.30 bits per heavy atom. The molecular formula is C11H14BrNO6S. The first-order valence-electron chi connectivity index (χ1n) is 5.44. The molecule has 0 aromatic heterocycles. The molecule has 1 aromatic carbocycles. The number of halogens is 1. The number of hydrogen-bond donors (Lipinski definition) is 2. The summed E-state index contributed by atoms with van der Waals surface area (Å²) in [5.41, 5.74) is 0. The van der Waals surface area contributed by atoms with E-state index >= 15 is 0 Å². The van der Waals surface area contributed by atoms with E-state index in [1.807, 2.05) is 0 Å². The van der Waals surface area contributed by atoms with Crippen LogP contribution in [0.5, 0.6) is 11.5 Å². The van der Waals surface area contributed by atoms with Crippen molar-refractivity contribution in [2.75, 3.05) is 20.8 Å². The van der Waals surface area contributed by atoms with E-state index in [4.69, 9.17) is 14.6 Å². The maximum Gasteiger partial charge on any atom is 0.304 e. The first kappa shape index (κ1) is 16.7. The molecule has 0 atom stereocenters. The number of methoxy groups -OCH3 is 2. The number of rotatable bonds is 7. The molecule has 0 amide bonds. The van der Waals surface area contributed by atoms with Gasteiger partial charge in [0, 0.05) is 12.6 Å². The van der Waals surface area contributed by atoms with Gasteiger partial charge in [0.05, 0.1) is 25.1 Å². The van der Waals surface area contributed by atoms with Crippen LogP contribution in [0.4, 0.5) is 0 Å². The zero-order valence-electron chi connectivity index (χ0n) is 10.8. The van der Waals surface area contributed by atoms with Gasteiger partial charge in [-0.2, -0.15) is 0 Å². The summed E-state index contributed by atoms with van der Waals surface area (Å²) < 4.78 is 36.9. The van der Waals surface area contributed by atoms with Crippen LogP contribution in [-0.2, 0) is 14.8 Å². The lowest BCUT2D eigenvalue weighted by molar-refractivity contribution is -0.136. The molecule has 0 saturated heterocycles. The summed E-state index contributed by atoms with van der Waals surface area (Å²) in [5, 5.41) is 8.51. The van der Waals surface area contributed by atoms with Crippen molar-refractivity contribution in [2.45, 2.75) is 11.3 Å². The highest BCUT2D eigenvalue weighted by Gasteiger charge is 2.22. The lowest BCUT2D eigenvalue weighted by Gasteiger charge is -2.13. The second-order valence-corrected chi connectivity index (χ2v) is 6.27. The number of benzene rings is 1. The van der Waals surface area contributed by atoms with Crippen LogP contribution in [0.1, 0.15) is 6.42 Å². The zero-order valence-corrected chi connectivity index (χ0v) is 13.2. The summed E-state index contributed by atoms with van der Waals surface area (Å²) in [6, 6.07) is 2.76. The average Bonchev–Trinajstić information content (AvgIpc) is 2.37. The van der Waals surface area contributed by atoms with Gasteiger partial charge in [0.15, 0.2) is 0 Å². The molecule has 1 aromatic rings. The number of sulfonamides is 1. The third kappa shape index (κ3) is 4.09. The molecule has 1 rings (SSSR count). The van der Waals surface area contributed by atoms with Crippen LogP contribution in [-0.4, -0.2) is 40.3 Å². The summed E-state index contributed by atoms with van der Waals surface area (Å²) in [6.07, 6.45) is -0.307. The average molecular weight is 368 g/mol. The van der Waals surface area contributed by atoms with E-state index in [9.17, 15) is 13.2 Å². The Balaban J connectivity index is 3.10. The molecule has 0 spiro atoms. The van der Waals surface area contributed by atoms with Crippen molar-refractivity contribution in [2.24, 2.45) is 0 Å². The van der Waals surface area contributed by atoms with Gasteiger partial charge in [0.1, 0.15) is 16.4 Å². The molecule has 9 heteroatoms. The molecule has 0 aliphatic heterocycles. The Labute approximate surface area is 125 Å². The summed E-state index contributed by atoms with van der Waals surface area (Å²) in [7, 11) is -1.09. The van der Waals surface area contributed by atoms with Gasteiger partial charge in [0.2, 0.25) is 10.0 Å². The van der Waals surface area contributed by atoms with Gasteiger partial charge in [-0.3, -0.25) is 4.79 Å². The zero-order chi connectivity index (χ0) is 15.3. The highest BCUT2D eigenvalue weighted by molar-refractivity contribution is 9.10. The fraction of sp³-hybridized carbons (Fsp3) is 0.364. The Bertz CT molecular complexity index is 601. The molecule has 0 bridgehead atoms. The monoisotopic (exact) mass is 367 g/mol. The third-order valence-corrected chi connectivity index (χ3v) is 4.46. The van der Waals surface area contributed by atoms with E-state index in [0.717, 1.165) is 0 Å². The second kappa shape index (κ2) is 6.91. The molecular weight excluding hydrogens is 354 g/mol. The van der Waals surface area contributed by atoms with Crippen LogP contribution in [0.2, 0.25) is 0 Å². The summed E-state index contributed by atoms with van der Waals surface area (Å²) in [5.74, 6) is -0.560. The number of aliphatic carboxylic acids is 1. The van der Waals surface area contributed by atoms with E-state index in [-0.39, 0.29) is 23.6 Å². The van der Waals surface area contributed by atoms with Crippen LogP contribution in [0.3, 0.4) is 0 Å². The summed E-state index contributed by atoms with van der Waals surface area (Å²) in [4.78, 5) is 10.3. The van der Waals surface area contributed by atoms with E-state index in [1.54, 1.807) is 0 Å². The molecule has 0 radical (unpaired) electrons. The van der Waals surface area contributed by atoms with E-state index in [0.29, 0.717) is 10.2 Å². The number of ether oxygens (including phenoxy) is 2. The van der Waals surface area contributed by atoms with Crippen LogP contribution in [0.15, 0.2) is 21.5 Å². The maximum absolute atomic E-state index is 12.1. The smallest absolute Gasteiger partial charge is 0.304 e. The minimum atomic E-state index is -3.87. The highest BCUT2D eigenvalue weighted by Crippen LogP contribution is 2.35. The molecule has 112 valence electrons. The SMILES string of the molecule is COc1cc(OC)c(S(=O)(=O)NCCC(=O)O)cc1Br. The standard InChI is InChI=1S/C11H14BrNO6S/c1-18-8-6-9(19-2)10(5-7(8)12)20(16,17)13-4-3-11(14)15/h5-6,13H,3-4H2,1-2H3,(H,14,15). The highest BCUT2D eigenvalue weighted by atomic mass is 79.9. The Kier molecular flexibility index (Phi) is 5.78. The van der Waals surface area contributed by atoms with E-state index in [1.165, 1.54) is 26.4 Å². The minimum Gasteiger partial charge on any atom is -0.495 e. The largest absolute Gasteiger partial charge is 0.495 e. The van der Waals surface area contributed by atoms with Gasteiger partial charge in [-0.25, -0.2) is 13.1 Å². The normalized spacial score (nSPS) is 11.2. The molecule has 0 aliphatic carbocycles. The number of nitrogens with one attached hydrogen (secondary N) is 1. The molecule has 20 heavy (non-hydrogen) atoms. The summed E-state index contributed by atoms with van der Waals surface area (Å²) >= 11 is 3.19. The van der Waals surface area contributed by atoms with Crippen molar-refractivity contribution in [3.8, 4) is 11.5 Å². The van der Waals surface area contributed by atoms with Crippen molar-refractivity contribution >= 4 is 31.9 Å². The van der Waals surface area contributed by atoms with Crippen molar-refractivity contribution in [1.29, 1.82) is 0 Å². The number of carbonyl (C=O) groups is 1. The summed E-state index contributed by atoms with van der Waals surface area (Å²) in [6.45, 7) is -0.204. The van der Waals surface area contributed by atoms with Gasteiger partial charge in [0.25, 0.3) is 0 Å². The molecule has 0 fully saturated rings. The number of carboxylic acids is 1. The fourth-order valence-electron chi connectivity index (χ4n) is 1.41. The Hall–Kier alpha value is -1.32. The predicted molar refractivity (Wildman–Crippen MR) is 74.7 cm³/mol. The quantitative estimate of drug-likeness (QED) is 0.751. The van der Waals surface area contributed by atoms with Crippen LogP contribution in [0.25, 0.3) is 0 Å². The Morgan fingerprint density at radius 3 is 2.40 bits per heavy atom. The van der Waals surface area contributed by atoms with Gasteiger partial charge >= 0.3 is 5.97 Å². The van der Waals surface area contributed by atoms with Gasteiger partial charge in [-0.1, -0.05) is 0 Å². The van der Waals surface area contributed by atoms with Crippen LogP contribution >= 0.6 is 15.9 Å². The minimum absolute atomic E-state index is 0.0990. The predicted octanol–water partition coefficient (Wildman–Crippen LogP) is 1.22. The van der Waals surface area contributed by atoms with Gasteiger partial charge in [-0.15, -0.1) is 0 Å². The molecule has 0 unspecified atom stereocenters. The number of carboxylic acid groups (broad SMARTS) is 1. The van der Waals surface area contributed by atoms with Crippen molar-refractivity contribution in [3.05, 3.63) is 16.6 Å². The van der Waals surface area contributed by atoms with Gasteiger partial charge < -0.3 is 14.6 Å². The second-order valence-electron chi connectivity index (χ2n) is 3.68. The lowest BCUT2D eigenvalue weighted by Crippen LogP contribution is -2.26. The van der Waals surface area contributed by atoms with Crippen molar-refractivity contribution in [1.82, 2.24) is 4.72 Å².